The van der Waals surface area contributed by atoms with Crippen LogP contribution in [0.2, 0.25) is 0 Å². The number of amides is 2. The van der Waals surface area contributed by atoms with E-state index >= 15 is 0 Å². The van der Waals surface area contributed by atoms with Crippen LogP contribution >= 0.6 is 0 Å². The molecule has 0 spiro atoms. The van der Waals surface area contributed by atoms with Crippen LogP contribution in [-0.2, 0) is 9.59 Å². The van der Waals surface area contributed by atoms with Gasteiger partial charge in [0, 0.05) is 13.5 Å². The third-order valence-corrected chi connectivity index (χ3v) is 2.81. The van der Waals surface area contributed by atoms with Gasteiger partial charge in [-0.1, -0.05) is 13.0 Å². The van der Waals surface area contributed by atoms with Gasteiger partial charge in [-0.15, -0.1) is 0 Å². The molecule has 0 bridgehead atoms. The Morgan fingerprint density at radius 3 is 2.41 bits per heavy atom. The van der Waals surface area contributed by atoms with Crippen molar-refractivity contribution in [3.8, 4) is 11.5 Å². The molecule has 1 aromatic rings. The molecule has 0 aliphatic carbocycles. The van der Waals surface area contributed by atoms with E-state index in [-0.39, 0.29) is 17.5 Å². The summed E-state index contributed by atoms with van der Waals surface area (Å²) in [6, 6.07) is 5.24. The average molecular weight is 306 g/mol. The minimum Gasteiger partial charge on any atom is -0.493 e. The number of rotatable bonds is 7. The highest BCUT2D eigenvalue weighted by atomic mass is 16.5. The highest BCUT2D eigenvalue weighted by molar-refractivity contribution is 6.00. The number of hydrogen-bond donors (Lipinski definition) is 2. The molecule has 22 heavy (non-hydrogen) atoms. The number of hydrogen-bond acceptors (Lipinski definition) is 4. The van der Waals surface area contributed by atoms with E-state index in [0.29, 0.717) is 23.6 Å². The molecule has 0 aliphatic rings. The van der Waals surface area contributed by atoms with Crippen molar-refractivity contribution in [1.82, 2.24) is 10.6 Å². The first kappa shape index (κ1) is 17.6. The van der Waals surface area contributed by atoms with Gasteiger partial charge < -0.3 is 20.1 Å². The van der Waals surface area contributed by atoms with Gasteiger partial charge in [0.15, 0.2) is 11.5 Å². The second-order valence-electron chi connectivity index (χ2n) is 4.61. The second kappa shape index (κ2) is 8.71. The van der Waals surface area contributed by atoms with Crippen LogP contribution in [0.25, 0.3) is 6.08 Å². The molecule has 0 heterocycles. The maximum absolute atomic E-state index is 12.1. The molecule has 0 fully saturated rings. The Bertz CT molecular complexity index is 567. The smallest absolute Gasteiger partial charge is 0.267 e. The summed E-state index contributed by atoms with van der Waals surface area (Å²) in [5.74, 6) is 0.508. The summed E-state index contributed by atoms with van der Waals surface area (Å²) in [7, 11) is 3.09. The van der Waals surface area contributed by atoms with Crippen molar-refractivity contribution >= 4 is 17.9 Å². The predicted octanol–water partition coefficient (Wildman–Crippen LogP) is 1.71. The number of nitrogens with one attached hydrogen (secondary N) is 2. The molecule has 0 saturated carbocycles. The summed E-state index contributed by atoms with van der Waals surface area (Å²) >= 11 is 0. The van der Waals surface area contributed by atoms with Gasteiger partial charge in [0.1, 0.15) is 5.70 Å². The zero-order valence-corrected chi connectivity index (χ0v) is 13.4. The third kappa shape index (κ3) is 5.12. The van der Waals surface area contributed by atoms with Crippen LogP contribution in [0.5, 0.6) is 11.5 Å². The van der Waals surface area contributed by atoms with Crippen LogP contribution in [0.3, 0.4) is 0 Å². The van der Waals surface area contributed by atoms with E-state index in [4.69, 9.17) is 9.47 Å². The fourth-order valence-electron chi connectivity index (χ4n) is 1.79. The lowest BCUT2D eigenvalue weighted by atomic mass is 10.1. The molecule has 0 aromatic heterocycles. The van der Waals surface area contributed by atoms with E-state index in [9.17, 15) is 9.59 Å². The molecule has 6 nitrogen and oxygen atoms in total. The zero-order valence-electron chi connectivity index (χ0n) is 13.4. The Balaban J connectivity index is 3.09. The highest BCUT2D eigenvalue weighted by Gasteiger charge is 2.11. The van der Waals surface area contributed by atoms with Crippen LogP contribution < -0.4 is 20.1 Å². The molecular formula is C16H22N2O4. The molecule has 0 saturated heterocycles. The van der Waals surface area contributed by atoms with Gasteiger partial charge in [0.2, 0.25) is 5.91 Å². The zero-order chi connectivity index (χ0) is 16.5. The molecule has 6 heteroatoms. The quantitative estimate of drug-likeness (QED) is 0.752. The third-order valence-electron chi connectivity index (χ3n) is 2.81. The minimum absolute atomic E-state index is 0.188. The lowest BCUT2D eigenvalue weighted by Gasteiger charge is -2.11. The number of carbonyl (C=O) groups is 2. The van der Waals surface area contributed by atoms with Gasteiger partial charge in [0.25, 0.3) is 5.91 Å². The van der Waals surface area contributed by atoms with Gasteiger partial charge in [-0.3, -0.25) is 9.59 Å². The van der Waals surface area contributed by atoms with E-state index in [1.807, 2.05) is 6.92 Å². The molecule has 0 atom stereocenters. The van der Waals surface area contributed by atoms with Crippen molar-refractivity contribution in [2.75, 3.05) is 20.8 Å². The summed E-state index contributed by atoms with van der Waals surface area (Å²) in [4.78, 5) is 23.3. The lowest BCUT2D eigenvalue weighted by molar-refractivity contribution is -0.122. The fourth-order valence-corrected chi connectivity index (χ4v) is 1.79. The standard InChI is InChI=1S/C16H22N2O4/c1-5-8-17-16(20)13(18-11(2)19)9-12-6-7-14(21-3)15(10-12)22-4/h6-7,9-10H,5,8H2,1-4H3,(H,17,20)(H,18,19)/b13-9+. The Kier molecular flexibility index (Phi) is 6.95. The first-order valence-electron chi connectivity index (χ1n) is 7.01. The Labute approximate surface area is 130 Å². The second-order valence-corrected chi connectivity index (χ2v) is 4.61. The van der Waals surface area contributed by atoms with E-state index in [1.165, 1.54) is 14.0 Å². The first-order valence-corrected chi connectivity index (χ1v) is 7.01. The maximum atomic E-state index is 12.1. The number of methoxy groups -OCH3 is 2. The predicted molar refractivity (Wildman–Crippen MR) is 84.6 cm³/mol. The average Bonchev–Trinajstić information content (AvgIpc) is 2.51. The monoisotopic (exact) mass is 306 g/mol. The highest BCUT2D eigenvalue weighted by Crippen LogP contribution is 2.28. The molecule has 120 valence electrons. The van der Waals surface area contributed by atoms with Gasteiger partial charge in [-0.25, -0.2) is 0 Å². The molecular weight excluding hydrogens is 284 g/mol. The largest absolute Gasteiger partial charge is 0.493 e. The Morgan fingerprint density at radius 2 is 1.86 bits per heavy atom. The van der Waals surface area contributed by atoms with Crippen LogP contribution in [0.4, 0.5) is 0 Å². The summed E-state index contributed by atoms with van der Waals surface area (Å²) in [5.41, 5.74) is 0.904. The SMILES string of the molecule is CCCNC(=O)/C(=C\c1ccc(OC)c(OC)c1)NC(C)=O. The summed E-state index contributed by atoms with van der Waals surface area (Å²) in [5, 5.41) is 5.27. The number of benzene rings is 1. The van der Waals surface area contributed by atoms with E-state index in [0.717, 1.165) is 6.42 Å². The van der Waals surface area contributed by atoms with Crippen molar-refractivity contribution in [3.63, 3.8) is 0 Å². The van der Waals surface area contributed by atoms with Crippen LogP contribution in [0.15, 0.2) is 23.9 Å². The number of carbonyl (C=O) groups excluding carboxylic acids is 2. The normalized spacial score (nSPS) is 10.8. The van der Waals surface area contributed by atoms with Crippen molar-refractivity contribution in [2.45, 2.75) is 20.3 Å². The van der Waals surface area contributed by atoms with Gasteiger partial charge in [-0.05, 0) is 30.2 Å². The van der Waals surface area contributed by atoms with Crippen LogP contribution in [0.1, 0.15) is 25.8 Å². The van der Waals surface area contributed by atoms with Gasteiger partial charge >= 0.3 is 0 Å². The molecule has 2 N–H and O–H groups in total. The van der Waals surface area contributed by atoms with E-state index in [2.05, 4.69) is 10.6 Å². The van der Waals surface area contributed by atoms with Crippen molar-refractivity contribution in [3.05, 3.63) is 29.5 Å². The first-order chi connectivity index (χ1) is 10.5. The van der Waals surface area contributed by atoms with Gasteiger partial charge in [-0.2, -0.15) is 0 Å². The topological polar surface area (TPSA) is 76.7 Å². The Morgan fingerprint density at radius 1 is 1.18 bits per heavy atom. The molecule has 2 amide bonds. The van der Waals surface area contributed by atoms with Crippen LogP contribution in [-0.4, -0.2) is 32.6 Å². The number of ether oxygens (including phenoxy) is 2. The molecule has 0 unspecified atom stereocenters. The fraction of sp³-hybridized carbons (Fsp3) is 0.375. The molecule has 0 aliphatic heterocycles. The maximum Gasteiger partial charge on any atom is 0.267 e. The summed E-state index contributed by atoms with van der Waals surface area (Å²) in [6.07, 6.45) is 2.41. The van der Waals surface area contributed by atoms with E-state index < -0.39 is 0 Å². The summed E-state index contributed by atoms with van der Waals surface area (Å²) in [6.45, 7) is 3.85. The molecule has 1 aromatic carbocycles. The Hall–Kier alpha value is -2.50. The van der Waals surface area contributed by atoms with E-state index in [1.54, 1.807) is 31.4 Å². The summed E-state index contributed by atoms with van der Waals surface area (Å²) < 4.78 is 10.4. The van der Waals surface area contributed by atoms with Crippen molar-refractivity contribution in [2.24, 2.45) is 0 Å². The minimum atomic E-state index is -0.327. The van der Waals surface area contributed by atoms with Crippen molar-refractivity contribution in [1.29, 1.82) is 0 Å². The molecule has 0 radical (unpaired) electrons. The van der Waals surface area contributed by atoms with Gasteiger partial charge in [0.05, 0.1) is 14.2 Å². The molecule has 1 rings (SSSR count). The van der Waals surface area contributed by atoms with Crippen molar-refractivity contribution < 1.29 is 19.1 Å². The van der Waals surface area contributed by atoms with Crippen LogP contribution in [0, 0.1) is 0 Å². The lowest BCUT2D eigenvalue weighted by Crippen LogP contribution is -2.34.